The fourth-order valence-corrected chi connectivity index (χ4v) is 5.73. The minimum absolute atomic E-state index is 0.116. The number of benzene rings is 2. The van der Waals surface area contributed by atoms with E-state index in [0.29, 0.717) is 23.1 Å². The summed E-state index contributed by atoms with van der Waals surface area (Å²) in [5.74, 6) is 1.30. The van der Waals surface area contributed by atoms with Gasteiger partial charge in [-0.1, -0.05) is 24.3 Å². The molecule has 1 aliphatic rings. The summed E-state index contributed by atoms with van der Waals surface area (Å²) in [4.78, 5) is 19.8. The molecule has 2 atom stereocenters. The van der Waals surface area contributed by atoms with Gasteiger partial charge in [0.05, 0.1) is 37.7 Å². The Morgan fingerprint density at radius 3 is 2.58 bits per heavy atom. The van der Waals surface area contributed by atoms with Gasteiger partial charge in [-0.2, -0.15) is 0 Å². The molecule has 0 spiro atoms. The number of para-hydroxylation sites is 2. The van der Waals surface area contributed by atoms with Gasteiger partial charge in [-0.15, -0.1) is 0 Å². The summed E-state index contributed by atoms with van der Waals surface area (Å²) in [7, 11) is 3.26. The molecule has 9 heteroatoms. The van der Waals surface area contributed by atoms with Gasteiger partial charge < -0.3 is 29.6 Å². The van der Waals surface area contributed by atoms with Crippen LogP contribution in [-0.2, 0) is 4.79 Å². The van der Waals surface area contributed by atoms with Crippen molar-refractivity contribution in [3.05, 3.63) is 102 Å². The lowest BCUT2D eigenvalue weighted by Crippen LogP contribution is -2.33. The van der Waals surface area contributed by atoms with E-state index in [2.05, 4.69) is 51.1 Å². The third-order valence-electron chi connectivity index (χ3n) is 7.26. The number of rotatable bonds is 9. The maximum Gasteiger partial charge on any atom is 0.226 e. The highest BCUT2D eigenvalue weighted by Crippen LogP contribution is 2.41. The third kappa shape index (κ3) is 5.37. The zero-order valence-corrected chi connectivity index (χ0v) is 23.9. The van der Waals surface area contributed by atoms with Gasteiger partial charge in [-0.05, 0) is 74.1 Å². The van der Waals surface area contributed by atoms with Crippen LogP contribution in [0.2, 0.25) is 0 Å². The number of nitrogens with zero attached hydrogens (tertiary/aromatic N) is 3. The van der Waals surface area contributed by atoms with Gasteiger partial charge in [0.15, 0.2) is 5.11 Å². The van der Waals surface area contributed by atoms with Crippen molar-refractivity contribution >= 4 is 28.9 Å². The van der Waals surface area contributed by atoms with E-state index >= 15 is 0 Å². The average molecular weight is 556 g/mol. The fourth-order valence-electron chi connectivity index (χ4n) is 5.40. The average Bonchev–Trinajstić information content (AvgIpc) is 3.46. The molecule has 2 unspecified atom stereocenters. The van der Waals surface area contributed by atoms with Gasteiger partial charge in [-0.25, -0.2) is 0 Å². The first-order valence-electron chi connectivity index (χ1n) is 13.2. The summed E-state index contributed by atoms with van der Waals surface area (Å²) in [6.07, 6.45) is 2.04. The Morgan fingerprint density at radius 2 is 1.82 bits per heavy atom. The van der Waals surface area contributed by atoms with Crippen LogP contribution in [0.25, 0.3) is 5.69 Å². The second kappa shape index (κ2) is 11.8. The van der Waals surface area contributed by atoms with E-state index in [1.165, 1.54) is 0 Å². The molecule has 5 rings (SSSR count). The lowest BCUT2D eigenvalue weighted by atomic mass is 9.96. The van der Waals surface area contributed by atoms with E-state index in [9.17, 15) is 4.79 Å². The maximum atomic E-state index is 13.0. The second-order valence-electron chi connectivity index (χ2n) is 9.68. The normalized spacial score (nSPS) is 16.5. The van der Waals surface area contributed by atoms with Crippen LogP contribution in [0.4, 0.5) is 5.69 Å². The summed E-state index contributed by atoms with van der Waals surface area (Å²) in [6, 6.07) is 23.2. The molecule has 206 valence electrons. The highest BCUT2D eigenvalue weighted by molar-refractivity contribution is 7.80. The molecule has 1 aliphatic heterocycles. The zero-order valence-electron chi connectivity index (χ0n) is 23.0. The van der Waals surface area contributed by atoms with Gasteiger partial charge in [0.25, 0.3) is 0 Å². The van der Waals surface area contributed by atoms with Crippen LogP contribution in [0.15, 0.2) is 79.0 Å². The number of nitrogens with one attached hydrogen (secondary N) is 2. The summed E-state index contributed by atoms with van der Waals surface area (Å²) in [6.45, 7) is 4.65. The molecule has 3 heterocycles. The van der Waals surface area contributed by atoms with Crippen LogP contribution in [0.5, 0.6) is 11.5 Å². The van der Waals surface area contributed by atoms with Gasteiger partial charge in [-0.3, -0.25) is 9.78 Å². The number of carbonyl (C=O) groups is 1. The predicted molar refractivity (Wildman–Crippen MR) is 160 cm³/mol. The Balaban J connectivity index is 1.47. The molecule has 40 heavy (non-hydrogen) atoms. The number of anilines is 1. The number of thiocarbonyl (C=S) groups is 1. The minimum Gasteiger partial charge on any atom is -0.497 e. The van der Waals surface area contributed by atoms with Gasteiger partial charge in [0, 0.05) is 42.3 Å². The minimum atomic E-state index is -0.176. The summed E-state index contributed by atoms with van der Waals surface area (Å²) >= 11 is 5.84. The van der Waals surface area contributed by atoms with Crippen LogP contribution in [0.3, 0.4) is 0 Å². The van der Waals surface area contributed by atoms with Gasteiger partial charge in [0.1, 0.15) is 11.5 Å². The molecule has 0 saturated carbocycles. The zero-order chi connectivity index (χ0) is 28.2. The van der Waals surface area contributed by atoms with Crippen molar-refractivity contribution in [3.63, 3.8) is 0 Å². The Bertz CT molecular complexity index is 1520. The molecule has 0 bridgehead atoms. The van der Waals surface area contributed by atoms with Gasteiger partial charge in [0.2, 0.25) is 5.91 Å². The number of pyridine rings is 1. The largest absolute Gasteiger partial charge is 0.497 e. The maximum absolute atomic E-state index is 13.0. The van der Waals surface area contributed by atoms with Crippen molar-refractivity contribution in [2.24, 2.45) is 0 Å². The highest BCUT2D eigenvalue weighted by Gasteiger charge is 2.41. The van der Waals surface area contributed by atoms with Crippen LogP contribution in [-0.4, -0.2) is 46.2 Å². The molecule has 4 aromatic rings. The number of carbonyl (C=O) groups excluding carboxylic acids is 1. The van der Waals surface area contributed by atoms with Crippen LogP contribution in [0, 0.1) is 13.8 Å². The second-order valence-corrected chi connectivity index (χ2v) is 10.1. The van der Waals surface area contributed by atoms with Crippen LogP contribution < -0.4 is 20.1 Å². The van der Waals surface area contributed by atoms with E-state index in [0.717, 1.165) is 34.1 Å². The van der Waals surface area contributed by atoms with Crippen molar-refractivity contribution in [1.29, 1.82) is 0 Å². The lowest BCUT2D eigenvalue weighted by molar-refractivity contribution is -0.116. The third-order valence-corrected chi connectivity index (χ3v) is 7.61. The van der Waals surface area contributed by atoms with Crippen LogP contribution >= 0.6 is 12.2 Å². The standard InChI is InChI=1S/C31H33N5O3S/c1-20-18-24(21(2)36(20)22-10-9-11-23(19-22)38-3)30-29(26-13-7-8-16-32-26)34-31(40)35(30)17-15-28(37)33-25-12-5-6-14-27(25)39-4/h5-14,16,18-19,29-30H,15,17H2,1-4H3,(H,33,37)(H,34,40). The number of ether oxygens (including phenoxy) is 2. The number of aromatic nitrogens is 2. The van der Waals surface area contributed by atoms with Crippen molar-refractivity contribution in [1.82, 2.24) is 19.8 Å². The van der Waals surface area contributed by atoms with Crippen molar-refractivity contribution in [3.8, 4) is 17.2 Å². The SMILES string of the molecule is COc1cccc(-n2c(C)cc(C3C(c4ccccn4)NC(=S)N3CCC(=O)Nc3ccccc3OC)c2C)c1. The number of hydrogen-bond acceptors (Lipinski definition) is 5. The number of amides is 1. The van der Waals surface area contributed by atoms with Crippen LogP contribution in [0.1, 0.15) is 41.1 Å². The topological polar surface area (TPSA) is 80.7 Å². The Morgan fingerprint density at radius 1 is 1.02 bits per heavy atom. The van der Waals surface area contributed by atoms with Crippen molar-refractivity contribution in [2.45, 2.75) is 32.4 Å². The van der Waals surface area contributed by atoms with Gasteiger partial charge >= 0.3 is 0 Å². The Hall–Kier alpha value is -4.37. The Kier molecular flexibility index (Phi) is 8.02. The molecule has 2 aromatic carbocycles. The molecule has 8 nitrogen and oxygen atoms in total. The predicted octanol–water partition coefficient (Wildman–Crippen LogP) is 5.51. The van der Waals surface area contributed by atoms with E-state index < -0.39 is 0 Å². The highest BCUT2D eigenvalue weighted by atomic mass is 32.1. The monoisotopic (exact) mass is 555 g/mol. The Labute approximate surface area is 239 Å². The summed E-state index contributed by atoms with van der Waals surface area (Å²) in [5, 5.41) is 7.05. The van der Waals surface area contributed by atoms with Crippen molar-refractivity contribution in [2.75, 3.05) is 26.1 Å². The van der Waals surface area contributed by atoms with E-state index in [1.54, 1.807) is 20.4 Å². The molecule has 1 fully saturated rings. The van der Waals surface area contributed by atoms with E-state index in [1.807, 2.05) is 60.7 Å². The molecule has 0 radical (unpaired) electrons. The molecule has 2 aromatic heterocycles. The molecule has 2 N–H and O–H groups in total. The quantitative estimate of drug-likeness (QED) is 0.264. The van der Waals surface area contributed by atoms with Crippen molar-refractivity contribution < 1.29 is 14.3 Å². The first kappa shape index (κ1) is 27.2. The summed E-state index contributed by atoms with van der Waals surface area (Å²) < 4.78 is 13.1. The molecule has 0 aliphatic carbocycles. The molecular formula is C31H33N5O3S. The first-order valence-corrected chi connectivity index (χ1v) is 13.6. The fraction of sp³-hybridized carbons (Fsp3) is 0.258. The summed E-state index contributed by atoms with van der Waals surface area (Å²) in [5.41, 5.74) is 5.85. The first-order chi connectivity index (χ1) is 19.4. The molecular weight excluding hydrogens is 522 g/mol. The number of aryl methyl sites for hydroxylation is 1. The smallest absolute Gasteiger partial charge is 0.226 e. The lowest BCUT2D eigenvalue weighted by Gasteiger charge is -2.28. The number of hydrogen-bond donors (Lipinski definition) is 2. The molecule has 1 saturated heterocycles. The number of methoxy groups -OCH3 is 2. The van der Waals surface area contributed by atoms with E-state index in [4.69, 9.17) is 21.7 Å². The molecule has 1 amide bonds. The van der Waals surface area contributed by atoms with E-state index in [-0.39, 0.29) is 24.4 Å².